The summed E-state index contributed by atoms with van der Waals surface area (Å²) in [6, 6.07) is 12.9. The van der Waals surface area contributed by atoms with Gasteiger partial charge < -0.3 is 0 Å². The third-order valence-electron chi connectivity index (χ3n) is 4.04. The maximum Gasteiger partial charge on any atom is 0.131 e. The summed E-state index contributed by atoms with van der Waals surface area (Å²) in [7, 11) is 1.84. The third-order valence-corrected chi connectivity index (χ3v) is 4.04. The Labute approximate surface area is 144 Å². The Bertz CT molecular complexity index is 835. The molecule has 0 radical (unpaired) electrons. The SMILES string of the molecule is CN(Cc1ccc(F)cc1)C(c1cccnc1)c1ccc(F)cc1F. The average Bonchev–Trinajstić information content (AvgIpc) is 2.60. The first-order valence-electron chi connectivity index (χ1n) is 7.84. The quantitative estimate of drug-likeness (QED) is 0.667. The van der Waals surface area contributed by atoms with E-state index in [-0.39, 0.29) is 5.82 Å². The number of hydrogen-bond acceptors (Lipinski definition) is 2. The summed E-state index contributed by atoms with van der Waals surface area (Å²) in [6.07, 6.45) is 3.30. The summed E-state index contributed by atoms with van der Waals surface area (Å²) in [6.45, 7) is 0.469. The summed E-state index contributed by atoms with van der Waals surface area (Å²) in [4.78, 5) is 6.02. The van der Waals surface area contributed by atoms with Gasteiger partial charge in [-0.2, -0.15) is 0 Å². The third kappa shape index (κ3) is 4.06. The molecule has 128 valence electrons. The van der Waals surface area contributed by atoms with Gasteiger partial charge in [0.2, 0.25) is 0 Å². The second kappa shape index (κ2) is 7.49. The van der Waals surface area contributed by atoms with Gasteiger partial charge in [0, 0.05) is 30.6 Å². The van der Waals surface area contributed by atoms with E-state index in [9.17, 15) is 13.2 Å². The lowest BCUT2D eigenvalue weighted by atomic mass is 9.97. The van der Waals surface area contributed by atoms with Crippen LogP contribution in [0.4, 0.5) is 13.2 Å². The molecule has 2 nitrogen and oxygen atoms in total. The molecule has 0 saturated heterocycles. The van der Waals surface area contributed by atoms with Crippen molar-refractivity contribution in [1.82, 2.24) is 9.88 Å². The smallest absolute Gasteiger partial charge is 0.131 e. The van der Waals surface area contributed by atoms with E-state index in [2.05, 4.69) is 4.98 Å². The molecule has 25 heavy (non-hydrogen) atoms. The molecule has 0 bridgehead atoms. The fourth-order valence-electron chi connectivity index (χ4n) is 2.90. The lowest BCUT2D eigenvalue weighted by molar-refractivity contribution is 0.264. The van der Waals surface area contributed by atoms with E-state index >= 15 is 0 Å². The van der Waals surface area contributed by atoms with E-state index in [4.69, 9.17) is 0 Å². The molecule has 0 fully saturated rings. The summed E-state index contributed by atoms with van der Waals surface area (Å²) < 4.78 is 40.8. The highest BCUT2D eigenvalue weighted by Crippen LogP contribution is 2.30. The predicted molar refractivity (Wildman–Crippen MR) is 90.3 cm³/mol. The van der Waals surface area contributed by atoms with E-state index < -0.39 is 17.7 Å². The normalized spacial score (nSPS) is 12.4. The zero-order valence-corrected chi connectivity index (χ0v) is 13.7. The van der Waals surface area contributed by atoms with Gasteiger partial charge in [-0.3, -0.25) is 9.88 Å². The van der Waals surface area contributed by atoms with Crippen LogP contribution in [0.5, 0.6) is 0 Å². The van der Waals surface area contributed by atoms with E-state index in [0.29, 0.717) is 12.1 Å². The van der Waals surface area contributed by atoms with Crippen molar-refractivity contribution >= 4 is 0 Å². The van der Waals surface area contributed by atoms with Crippen molar-refractivity contribution in [3.8, 4) is 0 Å². The molecule has 0 aliphatic heterocycles. The van der Waals surface area contributed by atoms with Crippen LogP contribution in [0.15, 0.2) is 67.0 Å². The lowest BCUT2D eigenvalue weighted by Crippen LogP contribution is -2.26. The molecule has 3 rings (SSSR count). The first-order chi connectivity index (χ1) is 12.0. The molecule has 2 aromatic carbocycles. The largest absolute Gasteiger partial charge is 0.291 e. The highest BCUT2D eigenvalue weighted by Gasteiger charge is 2.23. The summed E-state index contributed by atoms with van der Waals surface area (Å²) in [5.74, 6) is -1.54. The van der Waals surface area contributed by atoms with Crippen LogP contribution in [0.3, 0.4) is 0 Å². The fraction of sp³-hybridized carbons (Fsp3) is 0.150. The zero-order valence-electron chi connectivity index (χ0n) is 13.7. The molecule has 1 unspecified atom stereocenters. The van der Waals surface area contributed by atoms with Gasteiger partial charge in [0.05, 0.1) is 6.04 Å². The van der Waals surface area contributed by atoms with Crippen molar-refractivity contribution in [3.05, 3.63) is 101 Å². The molecule has 0 N–H and O–H groups in total. The minimum atomic E-state index is -0.618. The monoisotopic (exact) mass is 342 g/mol. The number of pyridine rings is 1. The van der Waals surface area contributed by atoms with Gasteiger partial charge in [-0.15, -0.1) is 0 Å². The topological polar surface area (TPSA) is 16.1 Å². The van der Waals surface area contributed by atoms with Crippen LogP contribution in [0.25, 0.3) is 0 Å². The van der Waals surface area contributed by atoms with Gasteiger partial charge in [-0.1, -0.05) is 24.3 Å². The highest BCUT2D eigenvalue weighted by molar-refractivity contribution is 5.32. The highest BCUT2D eigenvalue weighted by atomic mass is 19.1. The molecule has 0 aliphatic rings. The van der Waals surface area contributed by atoms with Gasteiger partial charge in [0.25, 0.3) is 0 Å². The molecule has 0 spiro atoms. The van der Waals surface area contributed by atoms with Crippen molar-refractivity contribution < 1.29 is 13.2 Å². The van der Waals surface area contributed by atoms with Crippen LogP contribution in [0.1, 0.15) is 22.7 Å². The van der Waals surface area contributed by atoms with Crippen LogP contribution in [-0.2, 0) is 6.54 Å². The molecule has 0 aliphatic carbocycles. The number of halogens is 3. The Morgan fingerprint density at radius 2 is 1.68 bits per heavy atom. The van der Waals surface area contributed by atoms with E-state index in [1.807, 2.05) is 18.0 Å². The van der Waals surface area contributed by atoms with Gasteiger partial charge in [-0.05, 0) is 42.4 Å². The number of nitrogens with zero attached hydrogens (tertiary/aromatic N) is 2. The van der Waals surface area contributed by atoms with Gasteiger partial charge in [-0.25, -0.2) is 13.2 Å². The standard InChI is InChI=1S/C20H17F3N2/c1-25(13-14-4-6-16(21)7-5-14)20(15-3-2-10-24-12-15)18-9-8-17(22)11-19(18)23/h2-12,20H,13H2,1H3. The molecule has 1 atom stereocenters. The molecule has 1 aromatic heterocycles. The molecular weight excluding hydrogens is 325 g/mol. The van der Waals surface area contributed by atoms with Crippen molar-refractivity contribution in [1.29, 1.82) is 0 Å². The Morgan fingerprint density at radius 3 is 2.32 bits per heavy atom. The Hall–Kier alpha value is -2.66. The number of rotatable bonds is 5. The lowest BCUT2D eigenvalue weighted by Gasteiger charge is -2.29. The van der Waals surface area contributed by atoms with Crippen molar-refractivity contribution in [3.63, 3.8) is 0 Å². The number of benzene rings is 2. The van der Waals surface area contributed by atoms with Crippen molar-refractivity contribution in [2.24, 2.45) is 0 Å². The number of hydrogen-bond donors (Lipinski definition) is 0. The molecule has 1 heterocycles. The Balaban J connectivity index is 1.97. The first-order valence-corrected chi connectivity index (χ1v) is 7.84. The van der Waals surface area contributed by atoms with Crippen molar-refractivity contribution in [2.45, 2.75) is 12.6 Å². The minimum absolute atomic E-state index is 0.306. The van der Waals surface area contributed by atoms with E-state index in [1.165, 1.54) is 24.3 Å². The van der Waals surface area contributed by atoms with E-state index in [0.717, 1.165) is 17.2 Å². The maximum absolute atomic E-state index is 14.4. The molecule has 0 amide bonds. The second-order valence-electron chi connectivity index (χ2n) is 5.90. The maximum atomic E-state index is 14.4. The predicted octanol–water partition coefficient (Wildman–Crippen LogP) is 4.72. The first kappa shape index (κ1) is 17.2. The van der Waals surface area contributed by atoms with Crippen LogP contribution in [0.2, 0.25) is 0 Å². The van der Waals surface area contributed by atoms with Gasteiger partial charge in [0.15, 0.2) is 0 Å². The Kier molecular flexibility index (Phi) is 5.14. The van der Waals surface area contributed by atoms with Gasteiger partial charge in [0.1, 0.15) is 17.5 Å². The van der Waals surface area contributed by atoms with E-state index in [1.54, 1.807) is 30.6 Å². The average molecular weight is 342 g/mol. The van der Waals surface area contributed by atoms with Crippen molar-refractivity contribution in [2.75, 3.05) is 7.05 Å². The molecule has 3 aromatic rings. The van der Waals surface area contributed by atoms with Crippen LogP contribution >= 0.6 is 0 Å². The minimum Gasteiger partial charge on any atom is -0.291 e. The second-order valence-corrected chi connectivity index (χ2v) is 5.90. The van der Waals surface area contributed by atoms with Crippen LogP contribution in [-0.4, -0.2) is 16.9 Å². The van der Waals surface area contributed by atoms with Crippen LogP contribution < -0.4 is 0 Å². The summed E-state index contributed by atoms with van der Waals surface area (Å²) in [5.41, 5.74) is 2.04. The molecule has 0 saturated carbocycles. The Morgan fingerprint density at radius 1 is 0.960 bits per heavy atom. The summed E-state index contributed by atoms with van der Waals surface area (Å²) in [5, 5.41) is 0. The summed E-state index contributed by atoms with van der Waals surface area (Å²) >= 11 is 0. The molecule has 5 heteroatoms. The van der Waals surface area contributed by atoms with Crippen LogP contribution in [0, 0.1) is 17.5 Å². The van der Waals surface area contributed by atoms with Gasteiger partial charge >= 0.3 is 0 Å². The number of aromatic nitrogens is 1. The fourth-order valence-corrected chi connectivity index (χ4v) is 2.90. The molecular formula is C20H17F3N2. The zero-order chi connectivity index (χ0) is 17.8.